The molecule has 0 radical (unpaired) electrons. The molecule has 1 heterocycles. The predicted molar refractivity (Wildman–Crippen MR) is 131 cm³/mol. The summed E-state index contributed by atoms with van der Waals surface area (Å²) in [5, 5.41) is 4.58. The van der Waals surface area contributed by atoms with Crippen molar-refractivity contribution in [2.75, 3.05) is 12.4 Å². The highest BCUT2D eigenvalue weighted by atomic mass is 35.5. The van der Waals surface area contributed by atoms with Crippen molar-refractivity contribution in [3.05, 3.63) is 81.6 Å². The number of methoxy groups -OCH3 is 1. The summed E-state index contributed by atoms with van der Waals surface area (Å²) in [6, 6.07) is 13.7. The Hall–Kier alpha value is -2.69. The quantitative estimate of drug-likeness (QED) is 0.408. The number of anilines is 1. The molecule has 0 fully saturated rings. The SMILES string of the molecule is COc1cc(F)ccc1-c1ccc2c(c1COc1cc(Cl)cc(Cl)c1)C(C)=CC(C)(C)N2. The number of nitrogens with one attached hydrogen (secondary N) is 1. The second kappa shape index (κ2) is 8.68. The zero-order valence-electron chi connectivity index (χ0n) is 18.4. The molecule has 0 spiro atoms. The van der Waals surface area contributed by atoms with Gasteiger partial charge in [0.15, 0.2) is 0 Å². The largest absolute Gasteiger partial charge is 0.496 e. The van der Waals surface area contributed by atoms with E-state index in [-0.39, 0.29) is 18.0 Å². The van der Waals surface area contributed by atoms with Gasteiger partial charge in [0, 0.05) is 38.5 Å². The van der Waals surface area contributed by atoms with Crippen molar-refractivity contribution in [2.45, 2.75) is 32.9 Å². The lowest BCUT2D eigenvalue weighted by atomic mass is 9.85. The lowest BCUT2D eigenvalue weighted by Crippen LogP contribution is -2.32. The number of rotatable bonds is 5. The third kappa shape index (κ3) is 4.57. The Morgan fingerprint density at radius 1 is 0.969 bits per heavy atom. The van der Waals surface area contributed by atoms with Gasteiger partial charge < -0.3 is 14.8 Å². The van der Waals surface area contributed by atoms with Crippen LogP contribution in [0.3, 0.4) is 0 Å². The van der Waals surface area contributed by atoms with E-state index < -0.39 is 0 Å². The maximum atomic E-state index is 13.9. The second-order valence-electron chi connectivity index (χ2n) is 8.43. The van der Waals surface area contributed by atoms with Crippen molar-refractivity contribution in [3.8, 4) is 22.6 Å². The summed E-state index contributed by atoms with van der Waals surface area (Å²) in [5.41, 5.74) is 5.68. The monoisotopic (exact) mass is 471 g/mol. The average Bonchev–Trinajstić information content (AvgIpc) is 2.70. The van der Waals surface area contributed by atoms with E-state index in [0.29, 0.717) is 21.5 Å². The van der Waals surface area contributed by atoms with Gasteiger partial charge in [-0.05, 0) is 68.3 Å². The zero-order chi connectivity index (χ0) is 23.0. The molecule has 32 heavy (non-hydrogen) atoms. The first-order valence-electron chi connectivity index (χ1n) is 10.2. The number of fused-ring (bicyclic) bond motifs is 1. The first-order valence-corrected chi connectivity index (χ1v) is 11.0. The van der Waals surface area contributed by atoms with Crippen LogP contribution >= 0.6 is 23.2 Å². The summed E-state index contributed by atoms with van der Waals surface area (Å²) in [7, 11) is 1.54. The third-order valence-electron chi connectivity index (χ3n) is 5.41. The Morgan fingerprint density at radius 3 is 2.34 bits per heavy atom. The maximum absolute atomic E-state index is 13.9. The van der Waals surface area contributed by atoms with Gasteiger partial charge in [0.2, 0.25) is 0 Å². The Kier molecular flexibility index (Phi) is 6.11. The Bertz CT molecular complexity index is 1200. The van der Waals surface area contributed by atoms with Gasteiger partial charge in [-0.15, -0.1) is 0 Å². The summed E-state index contributed by atoms with van der Waals surface area (Å²) in [4.78, 5) is 0. The van der Waals surface area contributed by atoms with Gasteiger partial charge in [-0.1, -0.05) is 35.3 Å². The van der Waals surface area contributed by atoms with E-state index >= 15 is 0 Å². The van der Waals surface area contributed by atoms with Crippen LogP contribution in [-0.4, -0.2) is 12.6 Å². The van der Waals surface area contributed by atoms with E-state index in [2.05, 4.69) is 32.2 Å². The minimum atomic E-state index is -0.352. The van der Waals surface area contributed by atoms with Crippen LogP contribution in [0.15, 0.2) is 54.6 Å². The maximum Gasteiger partial charge on any atom is 0.129 e. The van der Waals surface area contributed by atoms with E-state index in [1.807, 2.05) is 12.1 Å². The molecule has 166 valence electrons. The molecule has 0 saturated carbocycles. The van der Waals surface area contributed by atoms with Gasteiger partial charge in [-0.2, -0.15) is 0 Å². The van der Waals surface area contributed by atoms with Gasteiger partial charge in [-0.25, -0.2) is 4.39 Å². The lowest BCUT2D eigenvalue weighted by molar-refractivity contribution is 0.306. The first-order chi connectivity index (χ1) is 15.2. The van der Waals surface area contributed by atoms with Crippen molar-refractivity contribution >= 4 is 34.5 Å². The Morgan fingerprint density at radius 2 is 1.66 bits per heavy atom. The molecule has 0 saturated heterocycles. The van der Waals surface area contributed by atoms with Crippen LogP contribution in [0.25, 0.3) is 16.7 Å². The van der Waals surface area contributed by atoms with Gasteiger partial charge in [-0.3, -0.25) is 0 Å². The molecule has 4 rings (SSSR count). The fourth-order valence-electron chi connectivity index (χ4n) is 4.26. The summed E-state index contributed by atoms with van der Waals surface area (Å²) in [5.74, 6) is 0.681. The van der Waals surface area contributed by atoms with Crippen molar-refractivity contribution in [2.24, 2.45) is 0 Å². The fraction of sp³-hybridized carbons (Fsp3) is 0.231. The van der Waals surface area contributed by atoms with E-state index in [4.69, 9.17) is 32.7 Å². The summed E-state index contributed by atoms with van der Waals surface area (Å²) in [6.07, 6.45) is 2.20. The molecule has 6 heteroatoms. The molecule has 0 unspecified atom stereocenters. The molecule has 3 aromatic carbocycles. The minimum absolute atomic E-state index is 0.176. The lowest BCUT2D eigenvalue weighted by Gasteiger charge is -2.33. The summed E-state index contributed by atoms with van der Waals surface area (Å²) >= 11 is 12.3. The van der Waals surface area contributed by atoms with Crippen LogP contribution in [-0.2, 0) is 6.61 Å². The molecule has 1 aliphatic heterocycles. The molecular weight excluding hydrogens is 448 g/mol. The second-order valence-corrected chi connectivity index (χ2v) is 9.30. The molecule has 1 aliphatic rings. The highest BCUT2D eigenvalue weighted by Crippen LogP contribution is 2.43. The third-order valence-corrected chi connectivity index (χ3v) is 5.85. The fourth-order valence-corrected chi connectivity index (χ4v) is 4.76. The molecular formula is C26H24Cl2FNO2. The van der Waals surface area contributed by atoms with Crippen LogP contribution in [0, 0.1) is 5.82 Å². The van der Waals surface area contributed by atoms with Gasteiger partial charge in [0.05, 0.1) is 12.6 Å². The molecule has 0 aromatic heterocycles. The molecule has 0 bridgehead atoms. The highest BCUT2D eigenvalue weighted by molar-refractivity contribution is 6.34. The van der Waals surface area contributed by atoms with E-state index in [1.54, 1.807) is 24.3 Å². The molecule has 0 amide bonds. The number of benzene rings is 3. The molecule has 1 N–H and O–H groups in total. The van der Waals surface area contributed by atoms with Crippen molar-refractivity contribution in [1.82, 2.24) is 0 Å². The van der Waals surface area contributed by atoms with Gasteiger partial charge >= 0.3 is 0 Å². The summed E-state index contributed by atoms with van der Waals surface area (Å²) in [6.45, 7) is 6.61. The molecule has 3 aromatic rings. The molecule has 3 nitrogen and oxygen atoms in total. The smallest absolute Gasteiger partial charge is 0.129 e. The number of hydrogen-bond acceptors (Lipinski definition) is 3. The normalized spacial score (nSPS) is 14.3. The van der Waals surface area contributed by atoms with E-state index in [1.165, 1.54) is 19.2 Å². The molecule has 0 aliphatic carbocycles. The average molecular weight is 472 g/mol. The van der Waals surface area contributed by atoms with E-state index in [0.717, 1.165) is 33.5 Å². The van der Waals surface area contributed by atoms with Crippen LogP contribution in [0.5, 0.6) is 11.5 Å². The van der Waals surface area contributed by atoms with Gasteiger partial charge in [0.25, 0.3) is 0 Å². The highest BCUT2D eigenvalue weighted by Gasteiger charge is 2.27. The number of hydrogen-bond donors (Lipinski definition) is 1. The topological polar surface area (TPSA) is 30.5 Å². The van der Waals surface area contributed by atoms with Crippen molar-refractivity contribution in [1.29, 1.82) is 0 Å². The Balaban J connectivity index is 1.87. The Labute approximate surface area is 197 Å². The summed E-state index contributed by atoms with van der Waals surface area (Å²) < 4.78 is 25.5. The molecule has 0 atom stereocenters. The number of allylic oxidation sites excluding steroid dienone is 1. The number of halogens is 3. The van der Waals surface area contributed by atoms with Crippen LogP contribution < -0.4 is 14.8 Å². The van der Waals surface area contributed by atoms with Crippen molar-refractivity contribution in [3.63, 3.8) is 0 Å². The van der Waals surface area contributed by atoms with Crippen LogP contribution in [0.2, 0.25) is 10.0 Å². The predicted octanol–water partition coefficient (Wildman–Crippen LogP) is 7.99. The number of ether oxygens (including phenoxy) is 2. The minimum Gasteiger partial charge on any atom is -0.496 e. The first kappa shape index (κ1) is 22.5. The van der Waals surface area contributed by atoms with Crippen molar-refractivity contribution < 1.29 is 13.9 Å². The van der Waals surface area contributed by atoms with Gasteiger partial charge in [0.1, 0.15) is 23.9 Å². The standard InChI is InChI=1S/C26H24Cl2FNO2/c1-15-13-26(2,3)30-23-8-7-20(21-6-5-18(29)12-24(21)31-4)22(25(15)23)14-32-19-10-16(27)9-17(28)11-19/h5-13,30H,14H2,1-4H3. The van der Waals surface area contributed by atoms with E-state index in [9.17, 15) is 4.39 Å². The van der Waals surface area contributed by atoms with Crippen LogP contribution in [0.1, 0.15) is 31.9 Å². The van der Waals surface area contributed by atoms with Crippen LogP contribution in [0.4, 0.5) is 10.1 Å². The zero-order valence-corrected chi connectivity index (χ0v) is 19.9.